The van der Waals surface area contributed by atoms with Crippen LogP contribution in [0.2, 0.25) is 5.02 Å². The Balaban J connectivity index is 2.63. The van der Waals surface area contributed by atoms with Crippen molar-refractivity contribution in [2.45, 2.75) is 26.8 Å². The zero-order chi connectivity index (χ0) is 13.3. The van der Waals surface area contributed by atoms with Crippen LogP contribution in [0.15, 0.2) is 41.5 Å². The molecule has 0 N–H and O–H groups in total. The zero-order valence-electron chi connectivity index (χ0n) is 10.8. The molecule has 0 spiro atoms. The van der Waals surface area contributed by atoms with Crippen LogP contribution >= 0.6 is 11.6 Å². The topological polar surface area (TPSA) is 22.0 Å². The quantitative estimate of drug-likeness (QED) is 0.799. The maximum Gasteiger partial charge on any atom is 0.192 e. The molecule has 3 heteroatoms. The maximum absolute atomic E-state index is 12.2. The van der Waals surface area contributed by atoms with Crippen LogP contribution in [0.1, 0.15) is 25.5 Å². The first-order valence-electron chi connectivity index (χ1n) is 5.97. The fourth-order valence-electron chi connectivity index (χ4n) is 1.87. The molecule has 0 aliphatic carbocycles. The zero-order valence-corrected chi connectivity index (χ0v) is 11.5. The van der Waals surface area contributed by atoms with Crippen molar-refractivity contribution >= 4 is 11.6 Å². The Bertz CT molecular complexity index is 611. The molecule has 0 atom stereocenters. The number of aromatic nitrogens is 1. The van der Waals surface area contributed by atoms with Gasteiger partial charge in [0.15, 0.2) is 5.43 Å². The van der Waals surface area contributed by atoms with Gasteiger partial charge in [-0.3, -0.25) is 4.79 Å². The minimum Gasteiger partial charge on any atom is -0.351 e. The summed E-state index contributed by atoms with van der Waals surface area (Å²) in [4.78, 5) is 12.2. The van der Waals surface area contributed by atoms with Gasteiger partial charge in [0, 0.05) is 34.6 Å². The highest BCUT2D eigenvalue weighted by Gasteiger charge is 2.08. The Kier molecular flexibility index (Phi) is 3.58. The molecule has 0 aliphatic rings. The summed E-state index contributed by atoms with van der Waals surface area (Å²) in [6, 6.07) is 7.69. The van der Waals surface area contributed by atoms with E-state index in [1.54, 1.807) is 12.1 Å². The largest absolute Gasteiger partial charge is 0.351 e. The summed E-state index contributed by atoms with van der Waals surface area (Å²) >= 11 is 5.87. The summed E-state index contributed by atoms with van der Waals surface area (Å²) in [6.07, 6.45) is 3.80. The molecule has 0 fully saturated rings. The molecule has 0 bridgehead atoms. The smallest absolute Gasteiger partial charge is 0.192 e. The summed E-state index contributed by atoms with van der Waals surface area (Å²) in [5.74, 6) is 0. The van der Waals surface area contributed by atoms with E-state index in [0.717, 1.165) is 16.7 Å². The van der Waals surface area contributed by atoms with Crippen molar-refractivity contribution < 1.29 is 0 Å². The van der Waals surface area contributed by atoms with Crippen molar-refractivity contribution in [2.24, 2.45) is 0 Å². The summed E-state index contributed by atoms with van der Waals surface area (Å²) in [5.41, 5.74) is 2.47. The molecule has 18 heavy (non-hydrogen) atoms. The van der Waals surface area contributed by atoms with Crippen LogP contribution in [-0.2, 0) is 0 Å². The molecule has 1 heterocycles. The highest BCUT2D eigenvalue weighted by molar-refractivity contribution is 6.30. The summed E-state index contributed by atoms with van der Waals surface area (Å²) in [7, 11) is 0. The van der Waals surface area contributed by atoms with E-state index in [0.29, 0.717) is 11.1 Å². The number of aryl methyl sites for hydroxylation is 1. The minimum absolute atomic E-state index is 0.0780. The Morgan fingerprint density at radius 3 is 2.28 bits per heavy atom. The average Bonchev–Trinajstić information content (AvgIpc) is 2.33. The highest BCUT2D eigenvalue weighted by Crippen LogP contribution is 2.20. The number of nitrogens with zero attached hydrogens (tertiary/aromatic N) is 1. The fourth-order valence-corrected chi connectivity index (χ4v) is 2.00. The lowest BCUT2D eigenvalue weighted by Crippen LogP contribution is -2.14. The van der Waals surface area contributed by atoms with E-state index < -0.39 is 0 Å². The number of pyridine rings is 1. The molecule has 2 aromatic rings. The second-order valence-electron chi connectivity index (χ2n) is 4.73. The van der Waals surface area contributed by atoms with Gasteiger partial charge in [-0.15, -0.1) is 0 Å². The molecule has 0 unspecified atom stereocenters. The van der Waals surface area contributed by atoms with Gasteiger partial charge in [-0.05, 0) is 38.5 Å². The Labute approximate surface area is 112 Å². The first-order chi connectivity index (χ1) is 8.49. The normalized spacial score (nSPS) is 10.9. The number of hydrogen-bond donors (Lipinski definition) is 0. The van der Waals surface area contributed by atoms with Gasteiger partial charge in [0.1, 0.15) is 0 Å². The van der Waals surface area contributed by atoms with Crippen LogP contribution in [0.3, 0.4) is 0 Å². The van der Waals surface area contributed by atoms with Crippen molar-refractivity contribution in [3.05, 3.63) is 57.5 Å². The molecule has 1 aromatic heterocycles. The molecule has 94 valence electrons. The van der Waals surface area contributed by atoms with E-state index in [2.05, 4.69) is 18.4 Å². The minimum atomic E-state index is 0.0780. The summed E-state index contributed by atoms with van der Waals surface area (Å²) in [5, 5.41) is 0.676. The highest BCUT2D eigenvalue weighted by atomic mass is 35.5. The SMILES string of the molecule is Cc1cn(C(C)C)cc(-c2ccc(Cl)cc2)c1=O. The van der Waals surface area contributed by atoms with Gasteiger partial charge < -0.3 is 4.57 Å². The molecule has 0 amide bonds. The van der Waals surface area contributed by atoms with Crippen LogP contribution < -0.4 is 5.43 Å². The average molecular weight is 262 g/mol. The van der Waals surface area contributed by atoms with E-state index >= 15 is 0 Å². The van der Waals surface area contributed by atoms with Crippen molar-refractivity contribution in [3.63, 3.8) is 0 Å². The number of benzene rings is 1. The van der Waals surface area contributed by atoms with Crippen LogP contribution in [0.4, 0.5) is 0 Å². The van der Waals surface area contributed by atoms with Crippen LogP contribution in [0.5, 0.6) is 0 Å². The van der Waals surface area contributed by atoms with Crippen molar-refractivity contribution in [3.8, 4) is 11.1 Å². The van der Waals surface area contributed by atoms with Crippen molar-refractivity contribution in [1.82, 2.24) is 4.57 Å². The Morgan fingerprint density at radius 1 is 1.11 bits per heavy atom. The monoisotopic (exact) mass is 261 g/mol. The third-order valence-electron chi connectivity index (χ3n) is 2.98. The third-order valence-corrected chi connectivity index (χ3v) is 3.23. The standard InChI is InChI=1S/C15H16ClNO/c1-10(2)17-8-11(3)15(18)14(9-17)12-4-6-13(16)7-5-12/h4-10H,1-3H3. The van der Waals surface area contributed by atoms with E-state index in [-0.39, 0.29) is 5.43 Å². The molecule has 1 aromatic carbocycles. The molecule has 2 rings (SSSR count). The second kappa shape index (κ2) is 4.99. The fraction of sp³-hybridized carbons (Fsp3) is 0.267. The van der Waals surface area contributed by atoms with Gasteiger partial charge in [-0.2, -0.15) is 0 Å². The van der Waals surface area contributed by atoms with Crippen molar-refractivity contribution in [1.29, 1.82) is 0 Å². The Hall–Kier alpha value is -1.54. The summed E-state index contributed by atoms with van der Waals surface area (Å²) in [6.45, 7) is 6.03. The van der Waals surface area contributed by atoms with Gasteiger partial charge in [-0.1, -0.05) is 23.7 Å². The van der Waals surface area contributed by atoms with E-state index in [1.807, 2.05) is 31.5 Å². The lowest BCUT2D eigenvalue weighted by molar-refractivity contribution is 0.594. The third kappa shape index (κ3) is 2.49. The molecule has 0 saturated heterocycles. The summed E-state index contributed by atoms with van der Waals surface area (Å²) < 4.78 is 2.06. The molecular formula is C15H16ClNO. The van der Waals surface area contributed by atoms with Gasteiger partial charge in [0.2, 0.25) is 0 Å². The predicted octanol–water partition coefficient (Wildman–Crippen LogP) is 4.06. The van der Waals surface area contributed by atoms with E-state index in [1.165, 1.54) is 0 Å². The number of hydrogen-bond acceptors (Lipinski definition) is 1. The van der Waals surface area contributed by atoms with Crippen molar-refractivity contribution in [2.75, 3.05) is 0 Å². The van der Waals surface area contributed by atoms with Gasteiger partial charge in [0.25, 0.3) is 0 Å². The van der Waals surface area contributed by atoms with E-state index in [9.17, 15) is 4.79 Å². The molecule has 0 radical (unpaired) electrons. The molecule has 2 nitrogen and oxygen atoms in total. The lowest BCUT2D eigenvalue weighted by Gasteiger charge is -2.14. The van der Waals surface area contributed by atoms with Crippen LogP contribution in [-0.4, -0.2) is 4.57 Å². The van der Waals surface area contributed by atoms with Gasteiger partial charge in [-0.25, -0.2) is 0 Å². The lowest BCUT2D eigenvalue weighted by atomic mass is 10.1. The first kappa shape index (κ1) is 12.9. The Morgan fingerprint density at radius 2 is 1.72 bits per heavy atom. The van der Waals surface area contributed by atoms with Gasteiger partial charge >= 0.3 is 0 Å². The van der Waals surface area contributed by atoms with E-state index in [4.69, 9.17) is 11.6 Å². The number of rotatable bonds is 2. The second-order valence-corrected chi connectivity index (χ2v) is 5.17. The number of halogens is 1. The molecule has 0 saturated carbocycles. The first-order valence-corrected chi connectivity index (χ1v) is 6.35. The predicted molar refractivity (Wildman–Crippen MR) is 76.3 cm³/mol. The maximum atomic E-state index is 12.2. The molecule has 0 aliphatic heterocycles. The van der Waals surface area contributed by atoms with Crippen LogP contribution in [0.25, 0.3) is 11.1 Å². The molecular weight excluding hydrogens is 246 g/mol. The van der Waals surface area contributed by atoms with Gasteiger partial charge in [0.05, 0.1) is 0 Å². The van der Waals surface area contributed by atoms with Crippen LogP contribution in [0, 0.1) is 6.92 Å².